The molecule has 21 heavy (non-hydrogen) atoms. The summed E-state index contributed by atoms with van der Waals surface area (Å²) in [4.78, 5) is 14.3. The molecule has 0 bridgehead atoms. The van der Waals surface area contributed by atoms with E-state index < -0.39 is 0 Å². The lowest BCUT2D eigenvalue weighted by Crippen LogP contribution is -2.46. The third-order valence-electron chi connectivity index (χ3n) is 4.01. The second-order valence-corrected chi connectivity index (χ2v) is 6.00. The predicted octanol–water partition coefficient (Wildman–Crippen LogP) is 3.26. The smallest absolute Gasteiger partial charge is 0.268 e. The maximum absolute atomic E-state index is 12.5. The van der Waals surface area contributed by atoms with Crippen LogP contribution in [0.4, 0.5) is 5.69 Å². The second-order valence-electron chi connectivity index (χ2n) is 6.00. The maximum atomic E-state index is 12.5. The summed E-state index contributed by atoms with van der Waals surface area (Å²) in [5.74, 6) is 1.20. The summed E-state index contributed by atoms with van der Waals surface area (Å²) in [6, 6.07) is 5.94. The van der Waals surface area contributed by atoms with Gasteiger partial charge in [-0.25, -0.2) is 0 Å². The Bertz CT molecular complexity index is 514. The Morgan fingerprint density at radius 2 is 2.05 bits per heavy atom. The van der Waals surface area contributed by atoms with E-state index in [2.05, 4.69) is 20.8 Å². The number of ether oxygens (including phenoxy) is 1. The van der Waals surface area contributed by atoms with Crippen molar-refractivity contribution in [3.05, 3.63) is 23.8 Å². The lowest BCUT2D eigenvalue weighted by molar-refractivity contribution is -0.126. The molecule has 4 nitrogen and oxygen atoms in total. The minimum Gasteiger partial charge on any atom is -0.478 e. The van der Waals surface area contributed by atoms with Gasteiger partial charge in [0.1, 0.15) is 5.75 Å². The van der Waals surface area contributed by atoms with Crippen LogP contribution in [0.3, 0.4) is 0 Å². The van der Waals surface area contributed by atoms with Gasteiger partial charge in [-0.05, 0) is 36.5 Å². The highest BCUT2D eigenvalue weighted by Crippen LogP contribution is 2.37. The number of rotatable bonds is 5. The molecule has 0 aliphatic carbocycles. The third-order valence-corrected chi connectivity index (χ3v) is 4.01. The quantitative estimate of drug-likeness (QED) is 0.905. The van der Waals surface area contributed by atoms with Crippen LogP contribution in [-0.2, 0) is 4.79 Å². The van der Waals surface area contributed by atoms with Gasteiger partial charge in [0, 0.05) is 12.6 Å². The molecular formula is C17H26N2O2. The zero-order valence-electron chi connectivity index (χ0n) is 13.4. The fourth-order valence-corrected chi connectivity index (χ4v) is 2.65. The van der Waals surface area contributed by atoms with Crippen LogP contribution in [-0.4, -0.2) is 18.6 Å². The normalized spacial score (nSPS) is 19.4. The molecule has 1 heterocycles. The number of amides is 1. The first-order valence-corrected chi connectivity index (χ1v) is 7.87. The molecule has 2 atom stereocenters. The zero-order valence-corrected chi connectivity index (χ0v) is 13.4. The average molecular weight is 290 g/mol. The van der Waals surface area contributed by atoms with Crippen molar-refractivity contribution >= 4 is 11.6 Å². The Hall–Kier alpha value is -1.55. The second kappa shape index (κ2) is 6.48. The van der Waals surface area contributed by atoms with Gasteiger partial charge in [0.2, 0.25) is 0 Å². The molecule has 1 aliphatic heterocycles. The first kappa shape index (κ1) is 15.8. The predicted molar refractivity (Wildman–Crippen MR) is 85.6 cm³/mol. The zero-order chi connectivity index (χ0) is 15.6. The fourth-order valence-electron chi connectivity index (χ4n) is 2.65. The van der Waals surface area contributed by atoms with E-state index in [4.69, 9.17) is 10.5 Å². The van der Waals surface area contributed by atoms with E-state index in [1.807, 2.05) is 30.0 Å². The topological polar surface area (TPSA) is 55.6 Å². The van der Waals surface area contributed by atoms with E-state index in [1.165, 1.54) is 0 Å². The number of anilines is 1. The third kappa shape index (κ3) is 3.05. The average Bonchev–Trinajstić information content (AvgIpc) is 2.48. The van der Waals surface area contributed by atoms with Crippen LogP contribution < -0.4 is 15.4 Å². The Kier molecular flexibility index (Phi) is 4.88. The highest BCUT2D eigenvalue weighted by molar-refractivity contribution is 6.00. The number of nitrogens with zero attached hydrogens (tertiary/aromatic N) is 1. The minimum atomic E-state index is -0.367. The van der Waals surface area contributed by atoms with Gasteiger partial charge < -0.3 is 15.4 Å². The van der Waals surface area contributed by atoms with Crippen molar-refractivity contribution < 1.29 is 9.53 Å². The van der Waals surface area contributed by atoms with Crippen molar-refractivity contribution in [3.63, 3.8) is 0 Å². The van der Waals surface area contributed by atoms with Gasteiger partial charge in [-0.2, -0.15) is 0 Å². The first-order valence-electron chi connectivity index (χ1n) is 7.87. The molecule has 2 N–H and O–H groups in total. The van der Waals surface area contributed by atoms with Crippen LogP contribution in [0.25, 0.3) is 0 Å². The summed E-state index contributed by atoms with van der Waals surface area (Å²) < 4.78 is 5.83. The van der Waals surface area contributed by atoms with E-state index in [0.717, 1.165) is 23.4 Å². The Balaban J connectivity index is 2.42. The summed E-state index contributed by atoms with van der Waals surface area (Å²) in [7, 11) is 0. The summed E-state index contributed by atoms with van der Waals surface area (Å²) in [6.07, 6.45) is 1.24. The van der Waals surface area contributed by atoms with E-state index in [1.54, 1.807) is 0 Å². The Labute approximate surface area is 127 Å². The molecule has 2 unspecified atom stereocenters. The number of fused-ring (bicyclic) bond motifs is 1. The highest BCUT2D eigenvalue weighted by atomic mass is 16.5. The lowest BCUT2D eigenvalue weighted by atomic mass is 9.96. The molecule has 0 aromatic heterocycles. The summed E-state index contributed by atoms with van der Waals surface area (Å²) >= 11 is 0. The molecule has 2 rings (SSSR count). The van der Waals surface area contributed by atoms with Gasteiger partial charge in [-0.3, -0.25) is 4.79 Å². The molecule has 0 saturated carbocycles. The van der Waals surface area contributed by atoms with E-state index in [0.29, 0.717) is 18.9 Å². The first-order chi connectivity index (χ1) is 9.99. The molecule has 116 valence electrons. The molecule has 0 radical (unpaired) electrons. The van der Waals surface area contributed by atoms with Crippen molar-refractivity contribution in [2.75, 3.05) is 11.4 Å². The molecule has 1 aromatic carbocycles. The van der Waals surface area contributed by atoms with Gasteiger partial charge in [-0.1, -0.05) is 33.8 Å². The number of carbonyl (C=O) groups excluding carboxylic acids is 1. The van der Waals surface area contributed by atoms with Crippen molar-refractivity contribution in [2.45, 2.75) is 52.7 Å². The van der Waals surface area contributed by atoms with Gasteiger partial charge in [0.15, 0.2) is 6.10 Å². The largest absolute Gasteiger partial charge is 0.478 e. The summed E-state index contributed by atoms with van der Waals surface area (Å²) in [6.45, 7) is 8.96. The monoisotopic (exact) mass is 290 g/mol. The van der Waals surface area contributed by atoms with Gasteiger partial charge in [0.25, 0.3) is 5.91 Å². The number of hydrogen-bond donors (Lipinski definition) is 1. The summed E-state index contributed by atoms with van der Waals surface area (Å²) in [5.41, 5.74) is 8.15. The van der Waals surface area contributed by atoms with E-state index in [9.17, 15) is 4.79 Å². The molecule has 1 amide bonds. The van der Waals surface area contributed by atoms with E-state index in [-0.39, 0.29) is 18.1 Å². The standard InChI is InChI=1S/C17H26N2O2/c1-5-9-19-13-10-12(16(18)11(3)4)7-8-15(13)21-14(6-2)17(19)20/h7-8,10-11,14,16H,5-6,9,18H2,1-4H3. The lowest BCUT2D eigenvalue weighted by Gasteiger charge is -2.34. The van der Waals surface area contributed by atoms with Crippen LogP contribution in [0, 0.1) is 5.92 Å². The SMILES string of the molecule is CCCN1C(=O)C(CC)Oc2ccc(C(N)C(C)C)cc21. The van der Waals surface area contributed by atoms with Gasteiger partial charge >= 0.3 is 0 Å². The molecule has 0 spiro atoms. The Morgan fingerprint density at radius 1 is 1.33 bits per heavy atom. The van der Waals surface area contributed by atoms with Crippen molar-refractivity contribution in [1.82, 2.24) is 0 Å². The van der Waals surface area contributed by atoms with Crippen LogP contribution >= 0.6 is 0 Å². The summed E-state index contributed by atoms with van der Waals surface area (Å²) in [5, 5.41) is 0. The number of hydrogen-bond acceptors (Lipinski definition) is 3. The van der Waals surface area contributed by atoms with Crippen LogP contribution in [0.2, 0.25) is 0 Å². The molecule has 0 saturated heterocycles. The minimum absolute atomic E-state index is 0.0298. The molecule has 0 fully saturated rings. The Morgan fingerprint density at radius 3 is 2.62 bits per heavy atom. The van der Waals surface area contributed by atoms with Crippen molar-refractivity contribution in [1.29, 1.82) is 0 Å². The number of carbonyl (C=O) groups is 1. The molecule has 1 aromatic rings. The van der Waals surface area contributed by atoms with Crippen LogP contribution in [0.1, 0.15) is 52.1 Å². The van der Waals surface area contributed by atoms with Crippen molar-refractivity contribution in [3.8, 4) is 5.75 Å². The van der Waals surface area contributed by atoms with Crippen LogP contribution in [0.15, 0.2) is 18.2 Å². The van der Waals surface area contributed by atoms with E-state index >= 15 is 0 Å². The van der Waals surface area contributed by atoms with Gasteiger partial charge in [-0.15, -0.1) is 0 Å². The molecule has 4 heteroatoms. The van der Waals surface area contributed by atoms with Crippen molar-refractivity contribution in [2.24, 2.45) is 11.7 Å². The van der Waals surface area contributed by atoms with Gasteiger partial charge in [0.05, 0.1) is 5.69 Å². The fraction of sp³-hybridized carbons (Fsp3) is 0.588. The highest BCUT2D eigenvalue weighted by Gasteiger charge is 2.33. The maximum Gasteiger partial charge on any atom is 0.268 e. The molecule has 1 aliphatic rings. The van der Waals surface area contributed by atoms with Crippen LogP contribution in [0.5, 0.6) is 5.75 Å². The molecular weight excluding hydrogens is 264 g/mol. The number of nitrogens with two attached hydrogens (primary N) is 1. The number of benzene rings is 1.